The molecule has 1 aromatic heterocycles. The number of aromatic nitrogens is 1. The molecule has 2 N–H and O–H groups in total. The second-order valence-electron chi connectivity index (χ2n) is 5.80. The highest BCUT2D eigenvalue weighted by Crippen LogP contribution is 2.40. The van der Waals surface area contributed by atoms with Gasteiger partial charge in [-0.3, -0.25) is 0 Å². The Morgan fingerprint density at radius 3 is 2.87 bits per heavy atom. The van der Waals surface area contributed by atoms with Gasteiger partial charge in [-0.1, -0.05) is 43.8 Å². The Balaban J connectivity index is 2.19. The monoisotopic (exact) mass is 348 g/mol. The second kappa shape index (κ2) is 6.53. The summed E-state index contributed by atoms with van der Waals surface area (Å²) >= 11 is 6.93. The molecule has 122 valence electrons. The van der Waals surface area contributed by atoms with Crippen LogP contribution < -0.4 is 0 Å². The predicted octanol–water partition coefficient (Wildman–Crippen LogP) is 3.97. The number of nitrogens with one attached hydrogen (secondary N) is 1. The molecule has 1 aliphatic rings. The highest BCUT2D eigenvalue weighted by Gasteiger charge is 2.40. The molecule has 23 heavy (non-hydrogen) atoms. The van der Waals surface area contributed by atoms with Crippen LogP contribution in [-0.2, 0) is 11.2 Å². The minimum Gasteiger partial charge on any atom is -0.480 e. The van der Waals surface area contributed by atoms with Crippen molar-refractivity contribution in [2.45, 2.75) is 38.3 Å². The van der Waals surface area contributed by atoms with Gasteiger partial charge in [0.05, 0.1) is 6.04 Å². The third-order valence-corrected chi connectivity index (χ3v) is 5.75. The number of H-pyrrole nitrogens is 1. The molecule has 0 saturated heterocycles. The highest BCUT2D eigenvalue weighted by molar-refractivity contribution is 8.22. The number of thioether (sulfide) groups is 1. The van der Waals surface area contributed by atoms with Crippen LogP contribution in [0.2, 0.25) is 0 Å². The molecule has 0 amide bonds. The lowest BCUT2D eigenvalue weighted by Crippen LogP contribution is -2.49. The Labute approximate surface area is 145 Å². The number of rotatable bonds is 3. The number of aromatic amines is 1. The van der Waals surface area contributed by atoms with Gasteiger partial charge < -0.3 is 15.0 Å². The smallest absolute Gasteiger partial charge is 0.326 e. The number of fused-ring (bicyclic) bond motifs is 3. The fraction of sp³-hybridized carbons (Fsp3) is 0.412. The SMILES string of the molecule is CCC[C@H]1c2[nH]c3ccccc3c2C[C@@H](C(=O)O)N1C(=S)SC. The van der Waals surface area contributed by atoms with Crippen molar-refractivity contribution in [2.75, 3.05) is 6.26 Å². The van der Waals surface area contributed by atoms with Crippen molar-refractivity contribution in [3.05, 3.63) is 35.5 Å². The van der Waals surface area contributed by atoms with Gasteiger partial charge in [0.25, 0.3) is 0 Å². The van der Waals surface area contributed by atoms with Crippen LogP contribution in [0.4, 0.5) is 0 Å². The minimum absolute atomic E-state index is 0.00259. The van der Waals surface area contributed by atoms with Crippen LogP contribution in [0.25, 0.3) is 10.9 Å². The van der Waals surface area contributed by atoms with Crippen LogP contribution in [0.3, 0.4) is 0 Å². The third-order valence-electron chi connectivity index (χ3n) is 4.48. The average Bonchev–Trinajstić information content (AvgIpc) is 2.92. The van der Waals surface area contributed by atoms with Crippen molar-refractivity contribution in [3.8, 4) is 0 Å². The number of thiocarbonyl (C=S) groups is 1. The Hall–Kier alpha value is -1.53. The number of hydrogen-bond donors (Lipinski definition) is 2. The van der Waals surface area contributed by atoms with Crippen molar-refractivity contribution in [2.24, 2.45) is 0 Å². The van der Waals surface area contributed by atoms with Crippen LogP contribution >= 0.6 is 24.0 Å². The van der Waals surface area contributed by atoms with Gasteiger partial charge in [0, 0.05) is 23.0 Å². The number of hydrogen-bond acceptors (Lipinski definition) is 3. The van der Waals surface area contributed by atoms with Crippen LogP contribution in [0.1, 0.15) is 37.1 Å². The Bertz CT molecular complexity index is 756. The van der Waals surface area contributed by atoms with E-state index in [4.69, 9.17) is 12.2 Å². The molecule has 2 heterocycles. The first-order valence-electron chi connectivity index (χ1n) is 7.77. The van der Waals surface area contributed by atoms with Crippen molar-refractivity contribution >= 4 is 45.2 Å². The fourth-order valence-corrected chi connectivity index (χ4v) is 4.22. The minimum atomic E-state index is -0.807. The molecular formula is C17H20N2O2S2. The highest BCUT2D eigenvalue weighted by atomic mass is 32.2. The lowest BCUT2D eigenvalue weighted by atomic mass is 9.90. The number of nitrogens with zero attached hydrogens (tertiary/aromatic N) is 1. The fourth-order valence-electron chi connectivity index (χ4n) is 3.50. The van der Waals surface area contributed by atoms with Crippen LogP contribution in [0, 0.1) is 0 Å². The molecule has 2 atom stereocenters. The first-order chi connectivity index (χ1) is 11.1. The summed E-state index contributed by atoms with van der Waals surface area (Å²) in [4.78, 5) is 17.3. The third kappa shape index (κ3) is 2.74. The quantitative estimate of drug-likeness (QED) is 0.822. The van der Waals surface area contributed by atoms with Crippen LogP contribution in [0.15, 0.2) is 24.3 Å². The van der Waals surface area contributed by atoms with E-state index in [0.29, 0.717) is 10.7 Å². The Morgan fingerprint density at radius 2 is 2.22 bits per heavy atom. The molecule has 0 spiro atoms. The lowest BCUT2D eigenvalue weighted by Gasteiger charge is -2.41. The van der Waals surface area contributed by atoms with E-state index in [-0.39, 0.29) is 6.04 Å². The van der Waals surface area contributed by atoms with Crippen molar-refractivity contribution in [3.63, 3.8) is 0 Å². The largest absolute Gasteiger partial charge is 0.480 e. The predicted molar refractivity (Wildman–Crippen MR) is 99.0 cm³/mol. The molecule has 0 saturated carbocycles. The van der Waals surface area contributed by atoms with Crippen molar-refractivity contribution in [1.29, 1.82) is 0 Å². The Morgan fingerprint density at radius 1 is 1.48 bits per heavy atom. The summed E-state index contributed by atoms with van der Waals surface area (Å²) in [7, 11) is 0. The maximum atomic E-state index is 11.9. The maximum Gasteiger partial charge on any atom is 0.326 e. The van der Waals surface area contributed by atoms with Gasteiger partial charge in [0.2, 0.25) is 0 Å². The van der Waals surface area contributed by atoms with E-state index in [1.54, 1.807) is 0 Å². The first-order valence-corrected chi connectivity index (χ1v) is 9.40. The average molecular weight is 348 g/mol. The summed E-state index contributed by atoms with van der Waals surface area (Å²) in [5.41, 5.74) is 3.33. The number of carboxylic acids is 1. The van der Waals surface area contributed by atoms with Gasteiger partial charge in [-0.15, -0.1) is 11.8 Å². The number of carbonyl (C=O) groups is 1. The van der Waals surface area contributed by atoms with E-state index in [1.165, 1.54) is 11.8 Å². The molecule has 1 aliphatic heterocycles. The second-order valence-corrected chi connectivity index (χ2v) is 7.24. The molecule has 0 bridgehead atoms. The summed E-state index contributed by atoms with van der Waals surface area (Å²) in [5.74, 6) is -0.807. The normalized spacial score (nSPS) is 20.5. The molecule has 1 aromatic carbocycles. The summed E-state index contributed by atoms with van der Waals surface area (Å²) in [6, 6.07) is 7.51. The lowest BCUT2D eigenvalue weighted by molar-refractivity contribution is -0.142. The summed E-state index contributed by atoms with van der Waals surface area (Å²) < 4.78 is 0.653. The van der Waals surface area contributed by atoms with Gasteiger partial charge >= 0.3 is 5.97 Å². The number of benzene rings is 1. The maximum absolute atomic E-state index is 11.9. The molecule has 3 rings (SSSR count). The van der Waals surface area contributed by atoms with E-state index in [9.17, 15) is 9.90 Å². The van der Waals surface area contributed by atoms with E-state index in [2.05, 4.69) is 18.0 Å². The van der Waals surface area contributed by atoms with Gasteiger partial charge in [-0.2, -0.15) is 0 Å². The van der Waals surface area contributed by atoms with Crippen molar-refractivity contribution in [1.82, 2.24) is 9.88 Å². The zero-order valence-corrected chi connectivity index (χ0v) is 14.8. The molecule has 6 heteroatoms. The van der Waals surface area contributed by atoms with Crippen LogP contribution in [-0.4, -0.2) is 37.6 Å². The van der Waals surface area contributed by atoms with Gasteiger partial charge in [0.15, 0.2) is 0 Å². The standard InChI is InChI=1S/C17H20N2O2S2/c1-3-6-13-15-11(10-7-4-5-8-12(10)18-15)9-14(16(20)21)19(13)17(22)23-2/h4-5,7-8,13-14,18H,3,6,9H2,1-2H3,(H,20,21)/t13-,14-/m0/s1. The summed E-state index contributed by atoms with van der Waals surface area (Å²) in [6.45, 7) is 2.12. The number of carboxylic acid groups (broad SMARTS) is 1. The number of aliphatic carboxylic acids is 1. The van der Waals surface area contributed by atoms with Crippen LogP contribution in [0.5, 0.6) is 0 Å². The Kier molecular flexibility index (Phi) is 4.64. The number of para-hydroxylation sites is 1. The molecule has 0 aliphatic carbocycles. The molecule has 0 fully saturated rings. The first kappa shape index (κ1) is 16.3. The summed E-state index contributed by atoms with van der Waals surface area (Å²) in [6.07, 6.45) is 4.24. The van der Waals surface area contributed by atoms with E-state index in [1.807, 2.05) is 29.4 Å². The van der Waals surface area contributed by atoms with Gasteiger partial charge in [0.1, 0.15) is 10.4 Å². The molecular weight excluding hydrogens is 328 g/mol. The van der Waals surface area contributed by atoms with E-state index >= 15 is 0 Å². The van der Waals surface area contributed by atoms with Gasteiger partial charge in [-0.05, 0) is 24.3 Å². The van der Waals surface area contributed by atoms with E-state index in [0.717, 1.165) is 35.0 Å². The topological polar surface area (TPSA) is 56.3 Å². The molecule has 0 unspecified atom stereocenters. The molecule has 4 nitrogen and oxygen atoms in total. The van der Waals surface area contributed by atoms with E-state index < -0.39 is 12.0 Å². The summed E-state index contributed by atoms with van der Waals surface area (Å²) in [5, 5.41) is 10.9. The van der Waals surface area contributed by atoms with Crippen molar-refractivity contribution < 1.29 is 9.90 Å². The molecule has 0 radical (unpaired) electrons. The zero-order valence-electron chi connectivity index (χ0n) is 13.2. The molecule has 2 aromatic rings. The van der Waals surface area contributed by atoms with Gasteiger partial charge in [-0.25, -0.2) is 4.79 Å². The zero-order chi connectivity index (χ0) is 16.6.